The van der Waals surface area contributed by atoms with E-state index in [1.54, 1.807) is 11.3 Å². The maximum absolute atomic E-state index is 5.87. The zero-order chi connectivity index (χ0) is 12.8. The van der Waals surface area contributed by atoms with Gasteiger partial charge in [-0.1, -0.05) is 18.2 Å². The second-order valence-electron chi connectivity index (χ2n) is 4.26. The smallest absolute Gasteiger partial charge is 0.196 e. The molecule has 3 heterocycles. The van der Waals surface area contributed by atoms with Crippen LogP contribution in [0.4, 0.5) is 0 Å². The minimum Gasteiger partial charge on any atom is -0.325 e. The number of nitrogens with two attached hydrogens (primary N) is 1. The fraction of sp³-hybridized carbons (Fsp3) is 0.0769. The van der Waals surface area contributed by atoms with Gasteiger partial charge in [-0.25, -0.2) is 4.68 Å². The first-order chi connectivity index (χ1) is 9.38. The van der Waals surface area contributed by atoms with Crippen molar-refractivity contribution in [3.63, 3.8) is 0 Å². The van der Waals surface area contributed by atoms with Gasteiger partial charge in [0.1, 0.15) is 0 Å². The summed E-state index contributed by atoms with van der Waals surface area (Å²) in [7, 11) is 0. The minimum atomic E-state index is 0.432. The second-order valence-corrected chi connectivity index (χ2v) is 5.13. The van der Waals surface area contributed by atoms with Crippen molar-refractivity contribution in [1.29, 1.82) is 0 Å². The van der Waals surface area contributed by atoms with Crippen LogP contribution in [0.15, 0.2) is 42.0 Å². The molecule has 0 fully saturated rings. The predicted molar refractivity (Wildman–Crippen MR) is 75.6 cm³/mol. The van der Waals surface area contributed by atoms with E-state index in [9.17, 15) is 0 Å². The lowest BCUT2D eigenvalue weighted by atomic mass is 10.2. The Bertz CT molecular complexity index is 869. The van der Waals surface area contributed by atoms with Gasteiger partial charge in [0.15, 0.2) is 10.8 Å². The number of para-hydroxylation sites is 1. The van der Waals surface area contributed by atoms with Crippen LogP contribution in [0, 0.1) is 0 Å². The number of thiazole rings is 1. The topological polar surface area (TPSA) is 61.1 Å². The molecular weight excluding hydrogens is 258 g/mol. The second kappa shape index (κ2) is 3.91. The summed E-state index contributed by atoms with van der Waals surface area (Å²) in [6, 6.07) is 8.08. The van der Waals surface area contributed by atoms with E-state index in [4.69, 9.17) is 5.73 Å². The zero-order valence-corrected chi connectivity index (χ0v) is 10.8. The Hall–Kier alpha value is -2.18. The molecule has 0 aliphatic carbocycles. The zero-order valence-electron chi connectivity index (χ0n) is 10.0. The summed E-state index contributed by atoms with van der Waals surface area (Å²) in [5, 5.41) is 7.54. The molecule has 0 spiro atoms. The van der Waals surface area contributed by atoms with Gasteiger partial charge in [0.05, 0.1) is 17.4 Å². The van der Waals surface area contributed by atoms with Gasteiger partial charge < -0.3 is 5.73 Å². The summed E-state index contributed by atoms with van der Waals surface area (Å²) in [6.07, 6.45) is 3.84. The van der Waals surface area contributed by atoms with E-state index in [0.717, 1.165) is 27.4 Å². The first kappa shape index (κ1) is 10.7. The Morgan fingerprint density at radius 1 is 1.26 bits per heavy atom. The van der Waals surface area contributed by atoms with Gasteiger partial charge in [0, 0.05) is 23.5 Å². The first-order valence-corrected chi connectivity index (χ1v) is 6.84. The molecule has 19 heavy (non-hydrogen) atoms. The van der Waals surface area contributed by atoms with Crippen molar-refractivity contribution in [3.05, 3.63) is 47.7 Å². The fourth-order valence-corrected chi connectivity index (χ4v) is 3.05. The number of hydrogen-bond donors (Lipinski definition) is 1. The molecule has 0 amide bonds. The Kier molecular flexibility index (Phi) is 2.20. The SMILES string of the molecule is NCc1c(-n2ncc3ccccc32)nc2sccn12. The molecule has 0 saturated carbocycles. The largest absolute Gasteiger partial charge is 0.325 e. The summed E-state index contributed by atoms with van der Waals surface area (Å²) >= 11 is 1.60. The molecule has 4 rings (SSSR count). The number of hydrogen-bond acceptors (Lipinski definition) is 4. The average molecular weight is 269 g/mol. The van der Waals surface area contributed by atoms with Crippen LogP contribution in [0.1, 0.15) is 5.69 Å². The van der Waals surface area contributed by atoms with E-state index in [1.165, 1.54) is 0 Å². The molecule has 94 valence electrons. The summed E-state index contributed by atoms with van der Waals surface area (Å²) in [5.41, 5.74) is 7.89. The number of fused-ring (bicyclic) bond motifs is 2. The Labute approximate surface area is 112 Å². The van der Waals surface area contributed by atoms with Crippen LogP contribution in [0.5, 0.6) is 0 Å². The third kappa shape index (κ3) is 1.44. The van der Waals surface area contributed by atoms with Crippen LogP contribution < -0.4 is 5.73 Å². The monoisotopic (exact) mass is 269 g/mol. The molecule has 3 aromatic heterocycles. The number of benzene rings is 1. The van der Waals surface area contributed by atoms with Crippen molar-refractivity contribution >= 4 is 27.2 Å². The number of rotatable bonds is 2. The highest BCUT2D eigenvalue weighted by molar-refractivity contribution is 7.15. The molecule has 0 bridgehead atoms. The Morgan fingerprint density at radius 3 is 3.05 bits per heavy atom. The molecule has 0 saturated heterocycles. The van der Waals surface area contributed by atoms with Crippen molar-refractivity contribution in [2.24, 2.45) is 5.73 Å². The van der Waals surface area contributed by atoms with E-state index >= 15 is 0 Å². The van der Waals surface area contributed by atoms with E-state index < -0.39 is 0 Å². The normalized spacial score (nSPS) is 11.6. The molecule has 5 nitrogen and oxygen atoms in total. The molecule has 0 aliphatic rings. The molecular formula is C13H11N5S. The summed E-state index contributed by atoms with van der Waals surface area (Å²) in [4.78, 5) is 5.58. The van der Waals surface area contributed by atoms with Gasteiger partial charge in [0.2, 0.25) is 0 Å². The van der Waals surface area contributed by atoms with Gasteiger partial charge in [-0.3, -0.25) is 4.40 Å². The summed E-state index contributed by atoms with van der Waals surface area (Å²) in [5.74, 6) is 0.815. The molecule has 6 heteroatoms. The standard InChI is InChI=1S/C13H11N5S/c14-7-11-12(16-13-17(11)5-6-19-13)18-10-4-2-1-3-9(10)8-15-18/h1-6,8H,7,14H2. The van der Waals surface area contributed by atoms with Gasteiger partial charge in [0.25, 0.3) is 0 Å². The first-order valence-electron chi connectivity index (χ1n) is 5.96. The molecule has 4 aromatic rings. The van der Waals surface area contributed by atoms with Crippen LogP contribution >= 0.6 is 11.3 Å². The van der Waals surface area contributed by atoms with E-state index in [2.05, 4.69) is 10.1 Å². The quantitative estimate of drug-likeness (QED) is 0.607. The van der Waals surface area contributed by atoms with Crippen molar-refractivity contribution in [2.45, 2.75) is 6.54 Å². The highest BCUT2D eigenvalue weighted by Gasteiger charge is 2.15. The van der Waals surface area contributed by atoms with Crippen LogP contribution in [0.25, 0.3) is 21.7 Å². The maximum atomic E-state index is 5.87. The molecule has 2 N–H and O–H groups in total. The lowest BCUT2D eigenvalue weighted by Gasteiger charge is -2.02. The predicted octanol–water partition coefficient (Wildman–Crippen LogP) is 2.19. The van der Waals surface area contributed by atoms with E-state index in [0.29, 0.717) is 6.54 Å². The Balaban J connectivity index is 2.06. The van der Waals surface area contributed by atoms with Crippen molar-refractivity contribution in [3.8, 4) is 5.82 Å². The van der Waals surface area contributed by atoms with Crippen molar-refractivity contribution in [2.75, 3.05) is 0 Å². The van der Waals surface area contributed by atoms with Crippen LogP contribution in [-0.4, -0.2) is 19.2 Å². The lowest BCUT2D eigenvalue weighted by Crippen LogP contribution is -2.06. The average Bonchev–Trinajstić information content (AvgIpc) is 3.11. The summed E-state index contributed by atoms with van der Waals surface area (Å²) < 4.78 is 3.88. The number of nitrogens with zero attached hydrogens (tertiary/aromatic N) is 4. The van der Waals surface area contributed by atoms with Crippen LogP contribution in [0.2, 0.25) is 0 Å². The van der Waals surface area contributed by atoms with Gasteiger partial charge >= 0.3 is 0 Å². The highest BCUT2D eigenvalue weighted by atomic mass is 32.1. The summed E-state index contributed by atoms with van der Waals surface area (Å²) in [6.45, 7) is 0.432. The van der Waals surface area contributed by atoms with E-state index in [1.807, 2.05) is 51.1 Å². The van der Waals surface area contributed by atoms with E-state index in [-0.39, 0.29) is 0 Å². The van der Waals surface area contributed by atoms with Gasteiger partial charge in [-0.15, -0.1) is 11.3 Å². The molecule has 0 radical (unpaired) electrons. The molecule has 1 aromatic carbocycles. The maximum Gasteiger partial charge on any atom is 0.196 e. The number of aromatic nitrogens is 4. The van der Waals surface area contributed by atoms with Crippen LogP contribution in [-0.2, 0) is 6.54 Å². The fourth-order valence-electron chi connectivity index (χ4n) is 2.32. The third-order valence-electron chi connectivity index (χ3n) is 3.21. The molecule has 0 unspecified atom stereocenters. The van der Waals surface area contributed by atoms with Gasteiger partial charge in [-0.2, -0.15) is 10.1 Å². The van der Waals surface area contributed by atoms with Crippen molar-refractivity contribution < 1.29 is 0 Å². The van der Waals surface area contributed by atoms with Crippen molar-refractivity contribution in [1.82, 2.24) is 19.2 Å². The lowest BCUT2D eigenvalue weighted by molar-refractivity contribution is 0.848. The third-order valence-corrected chi connectivity index (χ3v) is 3.97. The molecule has 0 aliphatic heterocycles. The van der Waals surface area contributed by atoms with Crippen LogP contribution in [0.3, 0.4) is 0 Å². The highest BCUT2D eigenvalue weighted by Crippen LogP contribution is 2.23. The minimum absolute atomic E-state index is 0.432. The number of imidazole rings is 1. The van der Waals surface area contributed by atoms with Gasteiger partial charge in [-0.05, 0) is 6.07 Å². The molecule has 0 atom stereocenters. The Morgan fingerprint density at radius 2 is 2.16 bits per heavy atom.